The third-order valence-corrected chi connectivity index (χ3v) is 3.22. The Morgan fingerprint density at radius 2 is 2.10 bits per heavy atom. The standard InChI is InChI=1S/C15H23N5O/c1-6-16-13-7-12(11-8-17-20(4)9-11)18-15(19-13)14(21-5)10(2)3/h7-10,14H,6H2,1-5H3,(H,16,18,19). The molecule has 0 radical (unpaired) electrons. The van der Waals surface area contributed by atoms with Crippen molar-refractivity contribution >= 4 is 5.82 Å². The van der Waals surface area contributed by atoms with E-state index in [0.717, 1.165) is 23.6 Å². The zero-order valence-electron chi connectivity index (χ0n) is 13.3. The molecular weight excluding hydrogens is 266 g/mol. The van der Waals surface area contributed by atoms with Gasteiger partial charge in [-0.3, -0.25) is 4.68 Å². The first-order valence-corrected chi connectivity index (χ1v) is 7.19. The van der Waals surface area contributed by atoms with Gasteiger partial charge in [-0.1, -0.05) is 13.8 Å². The average Bonchev–Trinajstić information content (AvgIpc) is 2.86. The number of rotatable bonds is 6. The van der Waals surface area contributed by atoms with Crippen LogP contribution in [0.25, 0.3) is 11.3 Å². The number of nitrogens with one attached hydrogen (secondary N) is 1. The smallest absolute Gasteiger partial charge is 0.160 e. The Bertz CT molecular complexity index is 593. The Morgan fingerprint density at radius 1 is 1.33 bits per heavy atom. The van der Waals surface area contributed by atoms with Gasteiger partial charge in [-0.05, 0) is 12.8 Å². The molecule has 2 heterocycles. The van der Waals surface area contributed by atoms with Crippen LogP contribution in [0.4, 0.5) is 5.82 Å². The van der Waals surface area contributed by atoms with Crippen LogP contribution in [0, 0.1) is 5.92 Å². The molecule has 6 heteroatoms. The molecule has 1 N–H and O–H groups in total. The molecule has 0 aliphatic rings. The zero-order chi connectivity index (χ0) is 15.4. The highest BCUT2D eigenvalue weighted by atomic mass is 16.5. The zero-order valence-corrected chi connectivity index (χ0v) is 13.3. The van der Waals surface area contributed by atoms with Gasteiger partial charge in [0.15, 0.2) is 5.82 Å². The molecule has 0 spiro atoms. The van der Waals surface area contributed by atoms with Crippen LogP contribution >= 0.6 is 0 Å². The number of aromatic nitrogens is 4. The largest absolute Gasteiger partial charge is 0.373 e. The minimum Gasteiger partial charge on any atom is -0.373 e. The number of ether oxygens (including phenoxy) is 1. The molecule has 1 unspecified atom stereocenters. The molecule has 1 atom stereocenters. The van der Waals surface area contributed by atoms with Gasteiger partial charge in [0.05, 0.1) is 11.9 Å². The van der Waals surface area contributed by atoms with E-state index in [9.17, 15) is 0 Å². The number of hydrogen-bond acceptors (Lipinski definition) is 5. The van der Waals surface area contributed by atoms with E-state index in [4.69, 9.17) is 4.74 Å². The second-order valence-electron chi connectivity index (χ2n) is 5.33. The van der Waals surface area contributed by atoms with E-state index in [-0.39, 0.29) is 6.10 Å². The van der Waals surface area contributed by atoms with E-state index in [1.54, 1.807) is 18.0 Å². The fourth-order valence-electron chi connectivity index (χ4n) is 2.24. The Balaban J connectivity index is 2.47. The normalized spacial score (nSPS) is 12.7. The Hall–Kier alpha value is -1.95. The summed E-state index contributed by atoms with van der Waals surface area (Å²) < 4.78 is 7.32. The number of hydrogen-bond donors (Lipinski definition) is 1. The topological polar surface area (TPSA) is 64.9 Å². The summed E-state index contributed by atoms with van der Waals surface area (Å²) in [5.41, 5.74) is 1.82. The Kier molecular flexibility index (Phi) is 4.90. The summed E-state index contributed by atoms with van der Waals surface area (Å²) in [6.07, 6.45) is 3.62. The molecule has 0 aromatic carbocycles. The molecular formula is C15H23N5O. The first kappa shape index (κ1) is 15.4. The molecule has 0 amide bonds. The third kappa shape index (κ3) is 3.58. The van der Waals surface area contributed by atoms with Crippen LogP contribution in [0.5, 0.6) is 0 Å². The van der Waals surface area contributed by atoms with Crippen molar-refractivity contribution in [3.05, 3.63) is 24.3 Å². The minimum atomic E-state index is -0.126. The highest BCUT2D eigenvalue weighted by Gasteiger charge is 2.20. The molecule has 2 rings (SSSR count). The van der Waals surface area contributed by atoms with Crippen LogP contribution in [-0.2, 0) is 11.8 Å². The molecule has 114 valence electrons. The molecule has 0 saturated carbocycles. The molecule has 0 saturated heterocycles. The third-order valence-electron chi connectivity index (χ3n) is 3.22. The van der Waals surface area contributed by atoms with Crippen LogP contribution in [0.2, 0.25) is 0 Å². The molecule has 2 aromatic rings. The monoisotopic (exact) mass is 289 g/mol. The lowest BCUT2D eigenvalue weighted by molar-refractivity contribution is 0.0576. The van der Waals surface area contributed by atoms with Gasteiger partial charge in [-0.15, -0.1) is 0 Å². The van der Waals surface area contributed by atoms with Crippen molar-refractivity contribution in [2.75, 3.05) is 19.0 Å². The van der Waals surface area contributed by atoms with Crippen LogP contribution in [0.1, 0.15) is 32.7 Å². The highest BCUT2D eigenvalue weighted by Crippen LogP contribution is 2.26. The minimum absolute atomic E-state index is 0.126. The first-order chi connectivity index (χ1) is 10.0. The summed E-state index contributed by atoms with van der Waals surface area (Å²) in [6, 6.07) is 1.94. The van der Waals surface area contributed by atoms with Gasteiger partial charge < -0.3 is 10.1 Å². The fourth-order valence-corrected chi connectivity index (χ4v) is 2.24. The summed E-state index contributed by atoms with van der Waals surface area (Å²) in [4.78, 5) is 9.24. The van der Waals surface area contributed by atoms with Crippen molar-refractivity contribution in [3.63, 3.8) is 0 Å². The second kappa shape index (κ2) is 6.67. The van der Waals surface area contributed by atoms with E-state index in [1.807, 2.05) is 26.2 Å². The SMILES string of the molecule is CCNc1cc(-c2cnn(C)c2)nc(C(OC)C(C)C)n1. The molecule has 2 aromatic heterocycles. The second-order valence-corrected chi connectivity index (χ2v) is 5.33. The summed E-state index contributed by atoms with van der Waals surface area (Å²) in [5, 5.41) is 7.45. The van der Waals surface area contributed by atoms with Crippen LogP contribution < -0.4 is 5.32 Å². The van der Waals surface area contributed by atoms with E-state index < -0.39 is 0 Å². The van der Waals surface area contributed by atoms with Gasteiger partial charge in [0.2, 0.25) is 0 Å². The lowest BCUT2D eigenvalue weighted by Gasteiger charge is -2.19. The summed E-state index contributed by atoms with van der Waals surface area (Å²) in [6.45, 7) is 7.05. The lowest BCUT2D eigenvalue weighted by atomic mass is 10.1. The van der Waals surface area contributed by atoms with E-state index >= 15 is 0 Å². The fraction of sp³-hybridized carbons (Fsp3) is 0.533. The Morgan fingerprint density at radius 3 is 2.62 bits per heavy atom. The van der Waals surface area contributed by atoms with E-state index in [1.165, 1.54) is 0 Å². The Labute approximate surface area is 125 Å². The predicted molar refractivity (Wildman–Crippen MR) is 83.0 cm³/mol. The molecule has 0 aliphatic heterocycles. The first-order valence-electron chi connectivity index (χ1n) is 7.19. The molecule has 6 nitrogen and oxygen atoms in total. The van der Waals surface area contributed by atoms with Crippen molar-refractivity contribution in [1.82, 2.24) is 19.7 Å². The van der Waals surface area contributed by atoms with Crippen LogP contribution in [0.3, 0.4) is 0 Å². The molecule has 21 heavy (non-hydrogen) atoms. The molecule has 0 fully saturated rings. The average molecular weight is 289 g/mol. The van der Waals surface area contributed by atoms with Crippen molar-refractivity contribution < 1.29 is 4.74 Å². The van der Waals surface area contributed by atoms with E-state index in [0.29, 0.717) is 11.7 Å². The van der Waals surface area contributed by atoms with Crippen molar-refractivity contribution in [2.24, 2.45) is 13.0 Å². The van der Waals surface area contributed by atoms with Gasteiger partial charge in [0.1, 0.15) is 11.9 Å². The maximum Gasteiger partial charge on any atom is 0.160 e. The van der Waals surface area contributed by atoms with Crippen LogP contribution in [0.15, 0.2) is 18.5 Å². The quantitative estimate of drug-likeness (QED) is 0.885. The maximum absolute atomic E-state index is 5.55. The van der Waals surface area contributed by atoms with Gasteiger partial charge >= 0.3 is 0 Å². The predicted octanol–water partition coefficient (Wildman–Crippen LogP) is 2.65. The molecule has 0 bridgehead atoms. The summed E-state index contributed by atoms with van der Waals surface area (Å²) in [5.74, 6) is 1.81. The summed E-state index contributed by atoms with van der Waals surface area (Å²) in [7, 11) is 3.58. The highest BCUT2D eigenvalue weighted by molar-refractivity contribution is 5.61. The van der Waals surface area contributed by atoms with E-state index in [2.05, 4.69) is 34.2 Å². The van der Waals surface area contributed by atoms with Gasteiger partial charge in [-0.2, -0.15) is 5.10 Å². The maximum atomic E-state index is 5.55. The van der Waals surface area contributed by atoms with Gasteiger partial charge in [0, 0.05) is 38.5 Å². The molecule has 0 aliphatic carbocycles. The lowest BCUT2D eigenvalue weighted by Crippen LogP contribution is -2.14. The number of methoxy groups -OCH3 is 1. The number of nitrogens with zero attached hydrogens (tertiary/aromatic N) is 4. The number of aryl methyl sites for hydroxylation is 1. The van der Waals surface area contributed by atoms with Gasteiger partial charge in [-0.25, -0.2) is 9.97 Å². The number of anilines is 1. The van der Waals surface area contributed by atoms with Crippen molar-refractivity contribution in [3.8, 4) is 11.3 Å². The van der Waals surface area contributed by atoms with Gasteiger partial charge in [0.25, 0.3) is 0 Å². The van der Waals surface area contributed by atoms with Crippen molar-refractivity contribution in [1.29, 1.82) is 0 Å². The van der Waals surface area contributed by atoms with Crippen LogP contribution in [-0.4, -0.2) is 33.4 Å². The van der Waals surface area contributed by atoms with Crippen molar-refractivity contribution in [2.45, 2.75) is 26.9 Å². The summed E-state index contributed by atoms with van der Waals surface area (Å²) >= 11 is 0.